The van der Waals surface area contributed by atoms with Gasteiger partial charge >= 0.3 is 5.97 Å². The average Bonchev–Trinajstić information content (AvgIpc) is 3.20. The van der Waals surface area contributed by atoms with Crippen molar-refractivity contribution in [2.45, 2.75) is 32.2 Å². The Kier molecular flexibility index (Phi) is 7.89. The molecular formula is C29H29FN4O6S. The minimum absolute atomic E-state index is 0.0780. The number of nitrogens with one attached hydrogen (secondary N) is 2. The summed E-state index contributed by atoms with van der Waals surface area (Å²) in [7, 11) is -3.90. The number of hydrogen-bond donors (Lipinski definition) is 4. The molecule has 214 valence electrons. The number of hydrogen-bond acceptors (Lipinski definition) is 6. The zero-order valence-electron chi connectivity index (χ0n) is 22.6. The first-order chi connectivity index (χ1) is 19.2. The summed E-state index contributed by atoms with van der Waals surface area (Å²) in [5.74, 6) is -2.75. The lowest BCUT2D eigenvalue weighted by Gasteiger charge is -2.35. The van der Waals surface area contributed by atoms with Gasteiger partial charge in [0.05, 0.1) is 28.9 Å². The SMILES string of the molecule is CC(C)(C(N)=O)N(c1ccc(N/C(=C2\C(=O)Nc3cc(F)ccc32)c2cccc(CCC(=O)O)c2)cc1)S(C)(=O)=O. The summed E-state index contributed by atoms with van der Waals surface area (Å²) in [5, 5.41) is 15.0. The maximum atomic E-state index is 13.9. The molecule has 10 nitrogen and oxygen atoms in total. The van der Waals surface area contributed by atoms with Gasteiger partial charge in [-0.25, -0.2) is 12.8 Å². The highest BCUT2D eigenvalue weighted by Gasteiger charge is 2.39. The highest BCUT2D eigenvalue weighted by molar-refractivity contribution is 7.92. The third-order valence-corrected chi connectivity index (χ3v) is 7.96. The predicted octanol–water partition coefficient (Wildman–Crippen LogP) is 3.81. The molecule has 1 aliphatic rings. The van der Waals surface area contributed by atoms with Gasteiger partial charge in [-0.05, 0) is 79.9 Å². The van der Waals surface area contributed by atoms with E-state index in [4.69, 9.17) is 10.8 Å². The number of amides is 2. The van der Waals surface area contributed by atoms with Crippen LogP contribution < -0.4 is 20.7 Å². The van der Waals surface area contributed by atoms with Crippen LogP contribution in [0.4, 0.5) is 21.5 Å². The van der Waals surface area contributed by atoms with Crippen LogP contribution in [-0.4, -0.2) is 43.1 Å². The fourth-order valence-corrected chi connectivity index (χ4v) is 6.08. The van der Waals surface area contributed by atoms with Crippen molar-refractivity contribution in [2.24, 2.45) is 5.73 Å². The van der Waals surface area contributed by atoms with Crippen molar-refractivity contribution < 1.29 is 32.3 Å². The van der Waals surface area contributed by atoms with Gasteiger partial charge in [0, 0.05) is 17.7 Å². The van der Waals surface area contributed by atoms with Crippen molar-refractivity contribution in [1.29, 1.82) is 0 Å². The van der Waals surface area contributed by atoms with E-state index < -0.39 is 39.2 Å². The summed E-state index contributed by atoms with van der Waals surface area (Å²) in [6.45, 7) is 2.81. The second-order valence-electron chi connectivity index (χ2n) is 10.1. The summed E-state index contributed by atoms with van der Waals surface area (Å²) in [6.07, 6.45) is 1.17. The Bertz CT molecular complexity index is 1680. The molecule has 0 radical (unpaired) electrons. The van der Waals surface area contributed by atoms with Gasteiger partial charge in [0.25, 0.3) is 5.91 Å². The molecule has 0 fully saturated rings. The molecule has 0 spiro atoms. The van der Waals surface area contributed by atoms with E-state index in [0.29, 0.717) is 28.2 Å². The molecule has 12 heteroatoms. The molecule has 4 rings (SSSR count). The fourth-order valence-electron chi connectivity index (χ4n) is 4.66. The van der Waals surface area contributed by atoms with E-state index in [0.717, 1.165) is 16.1 Å². The highest BCUT2D eigenvalue weighted by atomic mass is 32.2. The standard InChI is InChI=1S/C29H29FN4O6S/c1-29(2,28(31)38)34(41(3,39)40)21-11-9-20(10-12-21)32-26(18-6-4-5-17(15-18)7-14-24(35)36)25-22-13-8-19(30)16-23(22)33-27(25)37/h4-6,8-13,15-16,32H,7,14H2,1-3H3,(H2,31,38)(H,33,37)(H,35,36)/b26-25-. The smallest absolute Gasteiger partial charge is 0.303 e. The van der Waals surface area contributed by atoms with E-state index in [2.05, 4.69) is 10.6 Å². The number of primary amides is 1. The summed E-state index contributed by atoms with van der Waals surface area (Å²) >= 11 is 0. The van der Waals surface area contributed by atoms with Gasteiger partial charge in [-0.1, -0.05) is 18.2 Å². The second kappa shape index (κ2) is 11.0. The summed E-state index contributed by atoms with van der Waals surface area (Å²) in [4.78, 5) is 36.3. The molecule has 0 saturated heterocycles. The topological polar surface area (TPSA) is 159 Å². The number of nitrogens with zero attached hydrogens (tertiary/aromatic N) is 1. The van der Waals surface area contributed by atoms with Crippen LogP contribution in [0.3, 0.4) is 0 Å². The number of halogens is 1. The molecule has 0 atom stereocenters. The van der Waals surface area contributed by atoms with Crippen molar-refractivity contribution in [3.05, 3.63) is 89.2 Å². The third kappa shape index (κ3) is 6.22. The number of aryl methyl sites for hydroxylation is 1. The van der Waals surface area contributed by atoms with Crippen LogP contribution in [0.2, 0.25) is 0 Å². The normalized spacial score (nSPS) is 14.2. The lowest BCUT2D eigenvalue weighted by Crippen LogP contribution is -2.55. The predicted molar refractivity (Wildman–Crippen MR) is 155 cm³/mol. The van der Waals surface area contributed by atoms with Crippen LogP contribution in [0.1, 0.15) is 37.0 Å². The minimum Gasteiger partial charge on any atom is -0.481 e. The number of anilines is 3. The number of carboxylic acid groups (broad SMARTS) is 1. The lowest BCUT2D eigenvalue weighted by atomic mass is 9.97. The Hall–Kier alpha value is -4.71. The molecule has 0 aromatic heterocycles. The quantitative estimate of drug-likeness (QED) is 0.266. The van der Waals surface area contributed by atoms with Crippen LogP contribution in [0.5, 0.6) is 0 Å². The summed E-state index contributed by atoms with van der Waals surface area (Å²) in [6, 6.07) is 17.2. The molecule has 41 heavy (non-hydrogen) atoms. The Morgan fingerprint density at radius 2 is 1.76 bits per heavy atom. The zero-order valence-corrected chi connectivity index (χ0v) is 23.4. The molecule has 1 heterocycles. The molecule has 2 amide bonds. The summed E-state index contributed by atoms with van der Waals surface area (Å²) < 4.78 is 40.0. The van der Waals surface area contributed by atoms with Crippen molar-refractivity contribution >= 4 is 56.1 Å². The molecule has 0 saturated carbocycles. The van der Waals surface area contributed by atoms with Crippen LogP contribution in [0.15, 0.2) is 66.7 Å². The van der Waals surface area contributed by atoms with E-state index in [1.807, 2.05) is 0 Å². The fraction of sp³-hybridized carbons (Fsp3) is 0.207. The van der Waals surface area contributed by atoms with E-state index >= 15 is 0 Å². The van der Waals surface area contributed by atoms with Crippen LogP contribution >= 0.6 is 0 Å². The first-order valence-electron chi connectivity index (χ1n) is 12.5. The van der Waals surface area contributed by atoms with E-state index in [1.54, 1.807) is 36.4 Å². The Morgan fingerprint density at radius 3 is 2.37 bits per heavy atom. The molecule has 3 aromatic carbocycles. The van der Waals surface area contributed by atoms with Gasteiger partial charge in [0.2, 0.25) is 15.9 Å². The Balaban J connectivity index is 1.81. The first kappa shape index (κ1) is 29.3. The monoisotopic (exact) mass is 580 g/mol. The van der Waals surface area contributed by atoms with Crippen LogP contribution in [-0.2, 0) is 30.8 Å². The third-order valence-electron chi connectivity index (χ3n) is 6.63. The molecule has 3 aromatic rings. The van der Waals surface area contributed by atoms with Crippen molar-refractivity contribution in [3.63, 3.8) is 0 Å². The van der Waals surface area contributed by atoms with Crippen molar-refractivity contribution in [2.75, 3.05) is 21.2 Å². The van der Waals surface area contributed by atoms with Crippen LogP contribution in [0.25, 0.3) is 11.3 Å². The second-order valence-corrected chi connectivity index (χ2v) is 11.9. The van der Waals surface area contributed by atoms with Gasteiger partial charge in [-0.3, -0.25) is 18.7 Å². The lowest BCUT2D eigenvalue weighted by molar-refractivity contribution is -0.137. The molecule has 1 aliphatic heterocycles. The number of rotatable bonds is 10. The first-order valence-corrected chi connectivity index (χ1v) is 14.4. The number of nitrogens with two attached hydrogens (primary N) is 1. The largest absolute Gasteiger partial charge is 0.481 e. The van der Waals surface area contributed by atoms with Gasteiger partial charge in [-0.15, -0.1) is 0 Å². The van der Waals surface area contributed by atoms with Gasteiger partial charge in [-0.2, -0.15) is 0 Å². The Labute approximate surface area is 236 Å². The number of aliphatic carboxylic acids is 1. The van der Waals surface area contributed by atoms with Crippen LogP contribution in [0, 0.1) is 5.82 Å². The number of carbonyl (C=O) groups excluding carboxylic acids is 2. The number of benzene rings is 3. The van der Waals surface area contributed by atoms with E-state index in [-0.39, 0.29) is 24.1 Å². The molecule has 0 aliphatic carbocycles. The maximum Gasteiger partial charge on any atom is 0.303 e. The van der Waals surface area contributed by atoms with Crippen molar-refractivity contribution in [3.8, 4) is 0 Å². The van der Waals surface area contributed by atoms with Crippen molar-refractivity contribution in [1.82, 2.24) is 0 Å². The Morgan fingerprint density at radius 1 is 1.07 bits per heavy atom. The minimum atomic E-state index is -3.90. The zero-order chi connectivity index (χ0) is 30.1. The summed E-state index contributed by atoms with van der Waals surface area (Å²) in [5.41, 5.74) is 7.31. The molecule has 0 bridgehead atoms. The van der Waals surface area contributed by atoms with Gasteiger partial charge in [0.15, 0.2) is 0 Å². The van der Waals surface area contributed by atoms with E-state index in [1.165, 1.54) is 44.2 Å². The van der Waals surface area contributed by atoms with E-state index in [9.17, 15) is 27.2 Å². The van der Waals surface area contributed by atoms with Gasteiger partial charge < -0.3 is 21.5 Å². The molecular weight excluding hydrogens is 551 g/mol. The van der Waals surface area contributed by atoms with Gasteiger partial charge in [0.1, 0.15) is 11.4 Å². The highest BCUT2D eigenvalue weighted by Crippen LogP contribution is 2.38. The number of carboxylic acids is 1. The number of carbonyl (C=O) groups is 3. The number of sulfonamides is 1. The average molecular weight is 581 g/mol. The molecule has 5 N–H and O–H groups in total. The maximum absolute atomic E-state index is 13.9. The number of fused-ring (bicyclic) bond motifs is 1. The molecule has 0 unspecified atom stereocenters.